The highest BCUT2D eigenvalue weighted by Gasteiger charge is 2.35. The molecule has 0 aliphatic carbocycles. The molecule has 2 unspecified atom stereocenters. The molecule has 2 atom stereocenters. The van der Waals surface area contributed by atoms with Crippen LogP contribution in [-0.2, 0) is 9.53 Å². The molecule has 1 fully saturated rings. The van der Waals surface area contributed by atoms with Gasteiger partial charge < -0.3 is 4.74 Å². The highest BCUT2D eigenvalue weighted by molar-refractivity contribution is 9.10. The van der Waals surface area contributed by atoms with E-state index >= 15 is 0 Å². The van der Waals surface area contributed by atoms with Crippen LogP contribution in [0.25, 0.3) is 0 Å². The van der Waals surface area contributed by atoms with Crippen molar-refractivity contribution in [3.05, 3.63) is 34.3 Å². The molecule has 80 valence electrons. The van der Waals surface area contributed by atoms with Crippen molar-refractivity contribution in [3.8, 4) is 0 Å². The smallest absolute Gasteiger partial charge is 0.322 e. The third kappa shape index (κ3) is 2.06. The van der Waals surface area contributed by atoms with Gasteiger partial charge in [0.2, 0.25) is 0 Å². The Balaban J connectivity index is 2.00. The monoisotopic (exact) mass is 269 g/mol. The largest absolute Gasteiger partial charge is 0.468 e. The lowest BCUT2D eigenvalue weighted by Crippen LogP contribution is -2.51. The molecular weight excluding hydrogens is 258 g/mol. The molecule has 0 aromatic heterocycles. The van der Waals surface area contributed by atoms with Gasteiger partial charge in [0.05, 0.1) is 7.11 Å². The number of carbonyl (C=O) groups is 1. The van der Waals surface area contributed by atoms with Gasteiger partial charge in [-0.2, -0.15) is 0 Å². The Morgan fingerprint density at radius 1 is 1.53 bits per heavy atom. The van der Waals surface area contributed by atoms with Crippen LogP contribution in [0, 0.1) is 0 Å². The van der Waals surface area contributed by atoms with Gasteiger partial charge in [0, 0.05) is 10.5 Å². The van der Waals surface area contributed by atoms with Crippen LogP contribution in [-0.4, -0.2) is 19.1 Å². The summed E-state index contributed by atoms with van der Waals surface area (Å²) in [5, 5.41) is 3.18. The van der Waals surface area contributed by atoms with Crippen molar-refractivity contribution in [3.63, 3.8) is 0 Å². The summed E-state index contributed by atoms with van der Waals surface area (Å²) in [5.41, 5.74) is 1.19. The summed E-state index contributed by atoms with van der Waals surface area (Å²) in [6, 6.07) is 8.13. The summed E-state index contributed by atoms with van der Waals surface area (Å²) < 4.78 is 5.73. The number of hydrogen-bond acceptors (Lipinski definition) is 3. The van der Waals surface area contributed by atoms with Crippen molar-refractivity contribution in [1.82, 2.24) is 5.32 Å². The van der Waals surface area contributed by atoms with Gasteiger partial charge >= 0.3 is 5.97 Å². The quantitative estimate of drug-likeness (QED) is 0.835. The van der Waals surface area contributed by atoms with E-state index in [4.69, 9.17) is 0 Å². The standard InChI is InChI=1S/C11H12BrNO2/c1-15-11(14)10-6-9(13-10)7-4-2-3-5-8(7)12/h2-5,9-10,13H,6H2,1H3. The van der Waals surface area contributed by atoms with E-state index in [0.29, 0.717) is 0 Å². The highest BCUT2D eigenvalue weighted by Crippen LogP contribution is 2.32. The molecule has 15 heavy (non-hydrogen) atoms. The average Bonchev–Trinajstić information content (AvgIpc) is 2.18. The molecule has 3 nitrogen and oxygen atoms in total. The van der Waals surface area contributed by atoms with E-state index in [9.17, 15) is 4.79 Å². The molecule has 0 spiro atoms. The zero-order valence-corrected chi connectivity index (χ0v) is 9.95. The lowest BCUT2D eigenvalue weighted by Gasteiger charge is -2.36. The van der Waals surface area contributed by atoms with Crippen LogP contribution < -0.4 is 5.32 Å². The third-order valence-corrected chi connectivity index (χ3v) is 3.36. The number of carbonyl (C=O) groups excluding carboxylic acids is 1. The molecule has 4 heteroatoms. The predicted octanol–water partition coefficient (Wildman–Crippen LogP) is 2.03. The lowest BCUT2D eigenvalue weighted by molar-refractivity contribution is -0.146. The molecule has 1 saturated heterocycles. The fraction of sp³-hybridized carbons (Fsp3) is 0.364. The Bertz CT molecular complexity index is 375. The van der Waals surface area contributed by atoms with Gasteiger partial charge in [-0.05, 0) is 18.1 Å². The third-order valence-electron chi connectivity index (χ3n) is 2.64. The number of hydrogen-bond donors (Lipinski definition) is 1. The molecule has 0 saturated carbocycles. The summed E-state index contributed by atoms with van der Waals surface area (Å²) in [4.78, 5) is 11.2. The molecule has 1 aromatic rings. The van der Waals surface area contributed by atoms with Gasteiger partial charge in [0.15, 0.2) is 0 Å². The minimum atomic E-state index is -0.182. The summed E-state index contributed by atoms with van der Waals surface area (Å²) in [7, 11) is 1.41. The van der Waals surface area contributed by atoms with E-state index in [1.165, 1.54) is 12.7 Å². The van der Waals surface area contributed by atoms with E-state index in [1.54, 1.807) is 0 Å². The van der Waals surface area contributed by atoms with Gasteiger partial charge in [-0.15, -0.1) is 0 Å². The topological polar surface area (TPSA) is 38.3 Å². The zero-order chi connectivity index (χ0) is 10.8. The van der Waals surface area contributed by atoms with E-state index in [-0.39, 0.29) is 18.1 Å². The molecule has 0 radical (unpaired) electrons. The molecule has 1 aliphatic heterocycles. The summed E-state index contributed by atoms with van der Waals surface area (Å²) in [6.07, 6.45) is 0.801. The van der Waals surface area contributed by atoms with Crippen LogP contribution in [0.15, 0.2) is 28.7 Å². The zero-order valence-electron chi connectivity index (χ0n) is 8.37. The van der Waals surface area contributed by atoms with Crippen molar-refractivity contribution in [2.75, 3.05) is 7.11 Å². The van der Waals surface area contributed by atoms with E-state index < -0.39 is 0 Å². The maximum atomic E-state index is 11.2. The summed E-state index contributed by atoms with van der Waals surface area (Å²) >= 11 is 3.49. The first-order chi connectivity index (χ1) is 7.22. The second kappa shape index (κ2) is 4.33. The molecule has 0 amide bonds. The van der Waals surface area contributed by atoms with Crippen LogP contribution in [0.2, 0.25) is 0 Å². The van der Waals surface area contributed by atoms with Crippen molar-refractivity contribution in [1.29, 1.82) is 0 Å². The van der Waals surface area contributed by atoms with Gasteiger partial charge in [-0.25, -0.2) is 0 Å². The summed E-state index contributed by atoms with van der Waals surface area (Å²) in [5.74, 6) is -0.182. The Labute approximate surface area is 96.9 Å². The van der Waals surface area contributed by atoms with Crippen LogP contribution in [0.5, 0.6) is 0 Å². The maximum absolute atomic E-state index is 11.2. The maximum Gasteiger partial charge on any atom is 0.322 e. The molecule has 2 rings (SSSR count). The number of benzene rings is 1. The first-order valence-electron chi connectivity index (χ1n) is 4.80. The van der Waals surface area contributed by atoms with Gasteiger partial charge in [0.25, 0.3) is 0 Å². The van der Waals surface area contributed by atoms with E-state index in [1.807, 2.05) is 18.2 Å². The van der Waals surface area contributed by atoms with E-state index in [0.717, 1.165) is 10.9 Å². The first-order valence-corrected chi connectivity index (χ1v) is 5.60. The fourth-order valence-electron chi connectivity index (χ4n) is 1.74. The van der Waals surface area contributed by atoms with Crippen LogP contribution in [0.1, 0.15) is 18.0 Å². The number of methoxy groups -OCH3 is 1. The van der Waals surface area contributed by atoms with Gasteiger partial charge in [-0.1, -0.05) is 34.1 Å². The van der Waals surface area contributed by atoms with Crippen LogP contribution in [0.4, 0.5) is 0 Å². The predicted molar refractivity (Wildman–Crippen MR) is 60.4 cm³/mol. The van der Waals surface area contributed by atoms with Crippen molar-refractivity contribution >= 4 is 21.9 Å². The molecule has 1 aliphatic rings. The normalized spacial score (nSPS) is 24.4. The fourth-order valence-corrected chi connectivity index (χ4v) is 2.30. The SMILES string of the molecule is COC(=O)C1CC(c2ccccc2Br)N1. The Hall–Kier alpha value is -0.870. The number of halogens is 1. The number of rotatable bonds is 2. The Morgan fingerprint density at radius 2 is 2.20 bits per heavy atom. The Morgan fingerprint density at radius 3 is 2.80 bits per heavy atom. The highest BCUT2D eigenvalue weighted by atomic mass is 79.9. The molecule has 0 bridgehead atoms. The van der Waals surface area contributed by atoms with Crippen LogP contribution >= 0.6 is 15.9 Å². The van der Waals surface area contributed by atoms with Crippen LogP contribution in [0.3, 0.4) is 0 Å². The molecule has 1 heterocycles. The Kier molecular flexibility index (Phi) is 3.07. The number of nitrogens with one attached hydrogen (secondary N) is 1. The van der Waals surface area contributed by atoms with Gasteiger partial charge in [0.1, 0.15) is 6.04 Å². The summed E-state index contributed by atoms with van der Waals surface area (Å²) in [6.45, 7) is 0. The second-order valence-electron chi connectivity index (χ2n) is 3.55. The second-order valence-corrected chi connectivity index (χ2v) is 4.41. The number of ether oxygens (including phenoxy) is 1. The number of esters is 1. The van der Waals surface area contributed by atoms with Crippen molar-refractivity contribution in [2.45, 2.75) is 18.5 Å². The molecule has 1 aromatic carbocycles. The lowest BCUT2D eigenvalue weighted by atomic mass is 9.91. The van der Waals surface area contributed by atoms with Crippen molar-refractivity contribution in [2.24, 2.45) is 0 Å². The van der Waals surface area contributed by atoms with E-state index in [2.05, 4.69) is 32.0 Å². The average molecular weight is 270 g/mol. The molecular formula is C11H12BrNO2. The first kappa shape index (κ1) is 10.6. The van der Waals surface area contributed by atoms with Crippen molar-refractivity contribution < 1.29 is 9.53 Å². The molecule has 1 N–H and O–H groups in total. The minimum absolute atomic E-state index is 0.146. The minimum Gasteiger partial charge on any atom is -0.468 e. The van der Waals surface area contributed by atoms with Gasteiger partial charge in [-0.3, -0.25) is 10.1 Å².